The molecule has 1 heterocycles. The Morgan fingerprint density at radius 2 is 1.53 bits per heavy atom. The van der Waals surface area contributed by atoms with Gasteiger partial charge in [-0.05, 0) is 0 Å². The molecule has 4 atom stereocenters. The maximum absolute atomic E-state index is 11.0. The quantitative estimate of drug-likeness (QED) is 0.523. The van der Waals surface area contributed by atoms with E-state index in [4.69, 9.17) is 18.9 Å². The average Bonchev–Trinajstić information content (AvgIpc) is 2.26. The van der Waals surface area contributed by atoms with Gasteiger partial charge in [0.15, 0.2) is 18.3 Å². The Morgan fingerprint density at radius 3 is 2.00 bits per heavy atom. The van der Waals surface area contributed by atoms with Crippen LogP contribution in [0.2, 0.25) is 0 Å². The fourth-order valence-electron chi connectivity index (χ4n) is 1.68. The zero-order valence-electron chi connectivity index (χ0n) is 10.8. The first-order valence-corrected chi connectivity index (χ1v) is 5.62. The van der Waals surface area contributed by atoms with Crippen LogP contribution >= 0.6 is 0 Å². The molecule has 1 rings (SSSR count). The summed E-state index contributed by atoms with van der Waals surface area (Å²) in [6, 6.07) is 0. The van der Waals surface area contributed by atoms with Gasteiger partial charge in [0.2, 0.25) is 6.29 Å². The van der Waals surface area contributed by atoms with Crippen LogP contribution in [0.3, 0.4) is 0 Å². The molecule has 0 aromatic rings. The smallest absolute Gasteiger partial charge is 0.305 e. The lowest BCUT2D eigenvalue weighted by molar-refractivity contribution is -0.269. The summed E-state index contributed by atoms with van der Waals surface area (Å²) in [5.74, 6) is -1.93. The third-order valence-electron chi connectivity index (χ3n) is 2.31. The van der Waals surface area contributed by atoms with E-state index >= 15 is 0 Å². The standard InChI is InChI=1S/C11H16O8/c1-5(12)17-8-4-16-11(19-7(3)14)9(15)10(8)18-6(2)13/h8-11,15H,4H2,1-3H3. The monoisotopic (exact) mass is 276 g/mol. The SMILES string of the molecule is CC(=O)OC1COC(OC(C)=O)C(O)C1OC(C)=O. The second-order valence-corrected chi connectivity index (χ2v) is 4.02. The van der Waals surface area contributed by atoms with Crippen molar-refractivity contribution >= 4 is 17.9 Å². The number of esters is 3. The van der Waals surface area contributed by atoms with Crippen LogP contribution in [0.15, 0.2) is 0 Å². The number of rotatable bonds is 3. The second kappa shape index (κ2) is 6.48. The number of aliphatic hydroxyl groups is 1. The van der Waals surface area contributed by atoms with Gasteiger partial charge >= 0.3 is 17.9 Å². The number of aliphatic hydroxyl groups excluding tert-OH is 1. The van der Waals surface area contributed by atoms with E-state index in [2.05, 4.69) is 0 Å². The molecule has 1 aliphatic heterocycles. The van der Waals surface area contributed by atoms with Gasteiger partial charge < -0.3 is 24.1 Å². The summed E-state index contributed by atoms with van der Waals surface area (Å²) in [5, 5.41) is 9.94. The van der Waals surface area contributed by atoms with Crippen molar-refractivity contribution in [1.82, 2.24) is 0 Å². The molecule has 8 heteroatoms. The maximum atomic E-state index is 11.0. The van der Waals surface area contributed by atoms with Crippen LogP contribution in [-0.4, -0.2) is 54.2 Å². The third kappa shape index (κ3) is 4.49. The molecular formula is C11H16O8. The Balaban J connectivity index is 2.79. The van der Waals surface area contributed by atoms with E-state index in [0.29, 0.717) is 0 Å². The third-order valence-corrected chi connectivity index (χ3v) is 2.31. The first-order chi connectivity index (χ1) is 8.81. The molecule has 1 N–H and O–H groups in total. The molecule has 0 aromatic carbocycles. The van der Waals surface area contributed by atoms with Gasteiger partial charge in [-0.1, -0.05) is 0 Å². The summed E-state index contributed by atoms with van der Waals surface area (Å²) in [7, 11) is 0. The van der Waals surface area contributed by atoms with Gasteiger partial charge in [0.05, 0.1) is 6.61 Å². The lowest BCUT2D eigenvalue weighted by Gasteiger charge is -2.37. The zero-order chi connectivity index (χ0) is 14.6. The summed E-state index contributed by atoms with van der Waals surface area (Å²) in [5.41, 5.74) is 0. The molecule has 0 spiro atoms. The number of hydrogen-bond donors (Lipinski definition) is 1. The van der Waals surface area contributed by atoms with Crippen molar-refractivity contribution in [3.05, 3.63) is 0 Å². The summed E-state index contributed by atoms with van der Waals surface area (Å²) < 4.78 is 19.6. The minimum Gasteiger partial charge on any atom is -0.456 e. The van der Waals surface area contributed by atoms with Crippen molar-refractivity contribution in [1.29, 1.82) is 0 Å². The minimum absolute atomic E-state index is 0.160. The zero-order valence-corrected chi connectivity index (χ0v) is 10.8. The molecule has 1 fully saturated rings. The van der Waals surface area contributed by atoms with Crippen LogP contribution in [0.4, 0.5) is 0 Å². The van der Waals surface area contributed by atoms with Gasteiger partial charge in [0, 0.05) is 20.8 Å². The fraction of sp³-hybridized carbons (Fsp3) is 0.727. The molecule has 19 heavy (non-hydrogen) atoms. The van der Waals surface area contributed by atoms with Gasteiger partial charge in [-0.25, -0.2) is 0 Å². The molecule has 0 aromatic heterocycles. The lowest BCUT2D eigenvalue weighted by atomic mass is 10.0. The van der Waals surface area contributed by atoms with Crippen LogP contribution in [0.25, 0.3) is 0 Å². The van der Waals surface area contributed by atoms with E-state index in [1.165, 1.54) is 6.92 Å². The number of carbonyl (C=O) groups excluding carboxylic acids is 3. The number of ether oxygens (including phenoxy) is 4. The largest absolute Gasteiger partial charge is 0.456 e. The summed E-state index contributed by atoms with van der Waals surface area (Å²) in [6.07, 6.45) is -4.82. The minimum atomic E-state index is -1.44. The molecule has 8 nitrogen and oxygen atoms in total. The first kappa shape index (κ1) is 15.4. The Kier molecular flexibility index (Phi) is 5.25. The molecule has 108 valence electrons. The van der Waals surface area contributed by atoms with Crippen LogP contribution in [0.1, 0.15) is 20.8 Å². The highest BCUT2D eigenvalue weighted by Gasteiger charge is 2.45. The molecular weight excluding hydrogens is 260 g/mol. The van der Waals surface area contributed by atoms with Crippen molar-refractivity contribution in [3.63, 3.8) is 0 Å². The van der Waals surface area contributed by atoms with Gasteiger partial charge in [0.1, 0.15) is 0 Å². The molecule has 0 saturated carbocycles. The van der Waals surface area contributed by atoms with Crippen LogP contribution < -0.4 is 0 Å². The van der Waals surface area contributed by atoms with Gasteiger partial charge in [-0.3, -0.25) is 14.4 Å². The molecule has 0 radical (unpaired) electrons. The molecule has 0 amide bonds. The van der Waals surface area contributed by atoms with Crippen molar-refractivity contribution in [3.8, 4) is 0 Å². The number of hydrogen-bond acceptors (Lipinski definition) is 8. The van der Waals surface area contributed by atoms with E-state index in [0.717, 1.165) is 13.8 Å². The van der Waals surface area contributed by atoms with Crippen LogP contribution in [0, 0.1) is 0 Å². The number of carbonyl (C=O) groups is 3. The predicted molar refractivity (Wildman–Crippen MR) is 58.6 cm³/mol. The Morgan fingerprint density at radius 1 is 1.00 bits per heavy atom. The maximum Gasteiger partial charge on any atom is 0.305 e. The summed E-state index contributed by atoms with van der Waals surface area (Å²) in [4.78, 5) is 32.8. The average molecular weight is 276 g/mol. The van der Waals surface area contributed by atoms with E-state index in [1.807, 2.05) is 0 Å². The van der Waals surface area contributed by atoms with Crippen molar-refractivity contribution in [2.75, 3.05) is 6.61 Å². The van der Waals surface area contributed by atoms with Gasteiger partial charge in [-0.15, -0.1) is 0 Å². The summed E-state index contributed by atoms with van der Waals surface area (Å²) in [6.45, 7) is 3.31. The van der Waals surface area contributed by atoms with Gasteiger partial charge in [0.25, 0.3) is 0 Å². The molecule has 0 bridgehead atoms. The second-order valence-electron chi connectivity index (χ2n) is 4.02. The van der Waals surface area contributed by atoms with Crippen molar-refractivity contribution in [2.45, 2.75) is 45.4 Å². The van der Waals surface area contributed by atoms with Crippen LogP contribution in [-0.2, 0) is 33.3 Å². The highest BCUT2D eigenvalue weighted by atomic mass is 16.7. The van der Waals surface area contributed by atoms with Gasteiger partial charge in [-0.2, -0.15) is 0 Å². The van der Waals surface area contributed by atoms with E-state index < -0.39 is 42.5 Å². The molecule has 0 aliphatic carbocycles. The van der Waals surface area contributed by atoms with E-state index in [9.17, 15) is 19.5 Å². The highest BCUT2D eigenvalue weighted by Crippen LogP contribution is 2.22. The summed E-state index contributed by atoms with van der Waals surface area (Å²) >= 11 is 0. The fourth-order valence-corrected chi connectivity index (χ4v) is 1.68. The van der Waals surface area contributed by atoms with E-state index in [1.54, 1.807) is 0 Å². The normalized spacial score (nSPS) is 30.3. The molecule has 1 saturated heterocycles. The Labute approximate surface area is 109 Å². The molecule has 4 unspecified atom stereocenters. The molecule has 1 aliphatic rings. The predicted octanol–water partition coefficient (Wildman–Crippen LogP) is -0.870. The first-order valence-electron chi connectivity index (χ1n) is 5.62. The van der Waals surface area contributed by atoms with E-state index in [-0.39, 0.29) is 6.61 Å². The Bertz CT molecular complexity index is 366. The van der Waals surface area contributed by atoms with Crippen LogP contribution in [0.5, 0.6) is 0 Å². The topological polar surface area (TPSA) is 108 Å². The van der Waals surface area contributed by atoms with Crippen molar-refractivity contribution in [2.24, 2.45) is 0 Å². The Hall–Kier alpha value is -1.67. The lowest BCUT2D eigenvalue weighted by Crippen LogP contribution is -2.56. The van der Waals surface area contributed by atoms with Crippen molar-refractivity contribution < 1.29 is 38.4 Å². The highest BCUT2D eigenvalue weighted by molar-refractivity contribution is 5.67.